The number of aliphatic hydroxyl groups is 2. The number of carbonyl (C=O) groups excluding carboxylic acids is 2. The van der Waals surface area contributed by atoms with Crippen LogP contribution in [-0.2, 0) is 30.3 Å². The number of carboxylic acid groups (broad SMARTS) is 1. The van der Waals surface area contributed by atoms with Crippen LogP contribution >= 0.6 is 0 Å². The lowest BCUT2D eigenvalue weighted by Crippen LogP contribution is -2.35. The molecule has 0 unspecified atom stereocenters. The van der Waals surface area contributed by atoms with Gasteiger partial charge in [0.1, 0.15) is 24.8 Å². The molecule has 0 bridgehead atoms. The number of rotatable bonds is 25. The van der Waals surface area contributed by atoms with Crippen molar-refractivity contribution >= 4 is 23.5 Å². The molecule has 13 nitrogen and oxygen atoms in total. The van der Waals surface area contributed by atoms with E-state index in [0.717, 1.165) is 5.56 Å². The van der Waals surface area contributed by atoms with Crippen molar-refractivity contribution in [1.82, 2.24) is 4.57 Å². The highest BCUT2D eigenvalue weighted by atomic mass is 19.1. The zero-order valence-corrected chi connectivity index (χ0v) is 35.4. The number of ether oxygens (including phenoxy) is 4. The Morgan fingerprint density at radius 2 is 1.48 bits per heavy atom. The molecule has 1 aromatic heterocycles. The number of nitrogens with one attached hydrogen (secondary N) is 1. The van der Waals surface area contributed by atoms with Gasteiger partial charge >= 0.3 is 5.97 Å². The number of hydrogen-bond acceptors (Lipinski definition) is 9. The van der Waals surface area contributed by atoms with Gasteiger partial charge in [0.05, 0.1) is 60.9 Å². The lowest BCUT2D eigenvalue weighted by atomic mass is 9.94. The largest absolute Gasteiger partial charge is 0.491 e. The molecule has 3 aromatic carbocycles. The van der Waals surface area contributed by atoms with Crippen LogP contribution in [0, 0.1) is 5.82 Å². The van der Waals surface area contributed by atoms with Crippen LogP contribution in [0.4, 0.5) is 10.1 Å². The second-order valence-electron chi connectivity index (χ2n) is 16.3. The number of nitrogens with two attached hydrogens (primary N) is 1. The third kappa shape index (κ3) is 14.6. The maximum Gasteiger partial charge on any atom is 0.305 e. The Balaban J connectivity index is 1.51. The summed E-state index contributed by atoms with van der Waals surface area (Å²) in [6.07, 6.45) is -2.10. The highest BCUT2D eigenvalue weighted by molar-refractivity contribution is 6.12. The van der Waals surface area contributed by atoms with Gasteiger partial charge in [-0.15, -0.1) is 0 Å². The number of halogens is 1. The summed E-state index contributed by atoms with van der Waals surface area (Å²) in [5.74, 6) is -2.09. The maximum atomic E-state index is 14.6. The third-order valence-corrected chi connectivity index (χ3v) is 9.75. The number of aromatic nitrogens is 1. The summed E-state index contributed by atoms with van der Waals surface area (Å²) in [7, 11) is 0. The molecule has 2 amide bonds. The molecule has 0 radical (unpaired) electrons. The van der Waals surface area contributed by atoms with Gasteiger partial charge in [-0.3, -0.25) is 14.4 Å². The van der Waals surface area contributed by atoms with Crippen LogP contribution in [0.15, 0.2) is 78.9 Å². The number of carboxylic acids is 1. The normalized spacial score (nSPS) is 13.0. The van der Waals surface area contributed by atoms with E-state index in [-0.39, 0.29) is 51.0 Å². The van der Waals surface area contributed by atoms with Crippen molar-refractivity contribution in [2.45, 2.75) is 103 Å². The van der Waals surface area contributed by atoms with Gasteiger partial charge in [-0.25, -0.2) is 4.39 Å². The molecule has 0 aliphatic carbocycles. The summed E-state index contributed by atoms with van der Waals surface area (Å²) in [6.45, 7) is 12.9. The predicted octanol–water partition coefficient (Wildman–Crippen LogP) is 7.17. The van der Waals surface area contributed by atoms with Crippen LogP contribution < -0.4 is 15.8 Å². The minimum Gasteiger partial charge on any atom is -0.491 e. The summed E-state index contributed by atoms with van der Waals surface area (Å²) in [6, 6.07) is 22.5. The van der Waals surface area contributed by atoms with E-state index >= 15 is 0 Å². The molecule has 1 heterocycles. The van der Waals surface area contributed by atoms with Crippen LogP contribution in [0.5, 0.6) is 5.75 Å². The van der Waals surface area contributed by atoms with Crippen LogP contribution in [-0.4, -0.2) is 94.1 Å². The lowest BCUT2D eigenvalue weighted by Gasteiger charge is -2.29. The summed E-state index contributed by atoms with van der Waals surface area (Å²) in [5.41, 5.74) is 8.40. The highest BCUT2D eigenvalue weighted by Crippen LogP contribution is 2.43. The van der Waals surface area contributed by atoms with Crippen molar-refractivity contribution in [1.29, 1.82) is 0 Å². The first-order valence-electron chi connectivity index (χ1n) is 20.2. The standard InChI is InChI=1S/C46H60FN3O10/c1-30(2)42-41(44(56)49-34-16-18-37(19-17-34)58-24-25-60-45(3,4)21-23-59-46(5,6)29-57-28-38(48)53)40(31-10-8-7-9-11-31)43(32-12-14-33(47)15-13-32)50(42)22-20-35(51)26-36(52)27-39(54)55/h7-19,30,35-36,51-52H,20-29H2,1-6H3,(H2,48,53)(H,49,56)(H,54,55)/t35-,36-/m1/s1. The topological polar surface area (TPSA) is 192 Å². The summed E-state index contributed by atoms with van der Waals surface area (Å²) in [5, 5.41) is 33.3. The van der Waals surface area contributed by atoms with E-state index in [4.69, 9.17) is 29.8 Å². The van der Waals surface area contributed by atoms with Crippen molar-refractivity contribution < 1.29 is 53.0 Å². The highest BCUT2D eigenvalue weighted by Gasteiger charge is 2.31. The minimum atomic E-state index is -1.22. The average Bonchev–Trinajstić information content (AvgIpc) is 3.52. The van der Waals surface area contributed by atoms with E-state index in [0.29, 0.717) is 59.1 Å². The molecule has 0 aliphatic heterocycles. The zero-order chi connectivity index (χ0) is 44.0. The fourth-order valence-electron chi connectivity index (χ4n) is 6.88. The van der Waals surface area contributed by atoms with Crippen molar-refractivity contribution in [3.05, 3.63) is 95.9 Å². The molecule has 14 heteroatoms. The molecule has 0 fully saturated rings. The zero-order valence-electron chi connectivity index (χ0n) is 35.4. The van der Waals surface area contributed by atoms with E-state index in [9.17, 15) is 29.0 Å². The Morgan fingerprint density at radius 1 is 0.833 bits per heavy atom. The first kappa shape index (κ1) is 47.6. The van der Waals surface area contributed by atoms with E-state index in [1.54, 1.807) is 36.4 Å². The predicted molar refractivity (Wildman–Crippen MR) is 227 cm³/mol. The Kier molecular flexibility index (Phi) is 17.4. The summed E-state index contributed by atoms with van der Waals surface area (Å²) >= 11 is 0. The molecule has 4 aromatic rings. The molecule has 0 saturated heterocycles. The molecule has 0 spiro atoms. The number of hydrogen-bond donors (Lipinski definition) is 5. The Labute approximate surface area is 351 Å². The second-order valence-corrected chi connectivity index (χ2v) is 16.3. The number of primary amides is 1. The quantitative estimate of drug-likeness (QED) is 0.0428. The van der Waals surface area contributed by atoms with Crippen LogP contribution in [0.25, 0.3) is 22.4 Å². The van der Waals surface area contributed by atoms with E-state index in [2.05, 4.69) is 5.32 Å². The molecule has 0 aliphatic rings. The van der Waals surface area contributed by atoms with E-state index < -0.39 is 47.5 Å². The van der Waals surface area contributed by atoms with Gasteiger partial charge in [0.2, 0.25) is 5.91 Å². The molecule has 60 heavy (non-hydrogen) atoms. The molecule has 4 rings (SSSR count). The Bertz CT molecular complexity index is 2000. The molecular weight excluding hydrogens is 774 g/mol. The van der Waals surface area contributed by atoms with Gasteiger partial charge in [0, 0.05) is 23.5 Å². The Hall–Kier alpha value is -5.12. The average molecular weight is 834 g/mol. The molecule has 326 valence electrons. The first-order valence-corrected chi connectivity index (χ1v) is 20.2. The third-order valence-electron chi connectivity index (χ3n) is 9.75. The lowest BCUT2D eigenvalue weighted by molar-refractivity contribution is -0.139. The molecule has 2 atom stereocenters. The number of aliphatic hydroxyl groups excluding tert-OH is 2. The number of carbonyl (C=O) groups is 3. The van der Waals surface area contributed by atoms with E-state index in [1.165, 1.54) is 12.1 Å². The van der Waals surface area contributed by atoms with Crippen molar-refractivity contribution in [2.75, 3.05) is 38.4 Å². The smallest absolute Gasteiger partial charge is 0.305 e. The van der Waals surface area contributed by atoms with Gasteiger partial charge in [-0.2, -0.15) is 0 Å². The Morgan fingerprint density at radius 3 is 2.10 bits per heavy atom. The molecular formula is C46H60FN3O10. The van der Waals surface area contributed by atoms with Crippen LogP contribution in [0.1, 0.15) is 89.2 Å². The maximum absolute atomic E-state index is 14.6. The number of nitrogens with zero attached hydrogens (tertiary/aromatic N) is 1. The molecule has 0 saturated carbocycles. The number of aliphatic carboxylic acids is 1. The monoisotopic (exact) mass is 833 g/mol. The van der Waals surface area contributed by atoms with Crippen molar-refractivity contribution in [3.8, 4) is 28.1 Å². The summed E-state index contributed by atoms with van der Waals surface area (Å²) < 4.78 is 39.5. The minimum absolute atomic E-state index is 0.132. The van der Waals surface area contributed by atoms with Gasteiger partial charge in [0.25, 0.3) is 5.91 Å². The number of benzene rings is 3. The van der Waals surface area contributed by atoms with Crippen molar-refractivity contribution in [2.24, 2.45) is 5.73 Å². The number of amides is 2. The van der Waals surface area contributed by atoms with E-state index in [1.807, 2.05) is 76.4 Å². The van der Waals surface area contributed by atoms with Gasteiger partial charge in [-0.05, 0) is 113 Å². The fourth-order valence-corrected chi connectivity index (χ4v) is 6.88. The molecule has 6 N–H and O–H groups in total. The van der Waals surface area contributed by atoms with Gasteiger partial charge in [0.15, 0.2) is 0 Å². The fraction of sp³-hybridized carbons (Fsp3) is 0.457. The van der Waals surface area contributed by atoms with Crippen LogP contribution in [0.3, 0.4) is 0 Å². The van der Waals surface area contributed by atoms with Gasteiger partial charge in [-0.1, -0.05) is 44.2 Å². The van der Waals surface area contributed by atoms with Crippen molar-refractivity contribution in [3.63, 3.8) is 0 Å². The van der Waals surface area contributed by atoms with Gasteiger partial charge < -0.3 is 49.9 Å². The first-order chi connectivity index (χ1) is 28.4. The second kappa shape index (κ2) is 21.9. The van der Waals surface area contributed by atoms with Crippen LogP contribution in [0.2, 0.25) is 0 Å². The SMILES string of the molecule is CC(C)c1c(C(=O)Nc2ccc(OCCOC(C)(C)CCOC(C)(C)COCC(N)=O)cc2)c(-c2ccccc2)c(-c2ccc(F)cc2)n1CC[C@@H](O)C[C@@H](O)CC(=O)O. The number of anilines is 1. The summed E-state index contributed by atoms with van der Waals surface area (Å²) in [4.78, 5) is 36.6.